The van der Waals surface area contributed by atoms with E-state index in [2.05, 4.69) is 5.32 Å². The van der Waals surface area contributed by atoms with Gasteiger partial charge in [0.1, 0.15) is 0 Å². The summed E-state index contributed by atoms with van der Waals surface area (Å²) in [6, 6.07) is 25.0. The van der Waals surface area contributed by atoms with Gasteiger partial charge in [-0.15, -0.1) is 0 Å². The molecule has 9 rings (SSSR count). The van der Waals surface area contributed by atoms with Crippen LogP contribution >= 0.6 is 0 Å². The number of carboxylic acids is 1. The molecule has 0 spiro atoms. The number of hydrogen-bond donors (Lipinski definition) is 9. The number of hydrogen-bond acceptors (Lipinski definition) is 22. The SMILES string of the molecule is NCCC[Si]12O[Si]3(CCCN)O[Si]4(CCCN)O[Si](CCCN)(O1)O[Si]1(CCCN)O[Si](CCCN)(O2)O[Si](CCCN)(O3)O[Si](CCCNC(=O)c2ccc(N(c3ccccc3)c3ccc(C(=O)O)cc3)cc2)(O4)O1. The first-order valence-corrected chi connectivity index (χ1v) is 42.0. The van der Waals surface area contributed by atoms with Crippen LogP contribution in [-0.4, -0.2) is 140 Å². The molecule has 420 valence electrons. The highest BCUT2D eigenvalue weighted by Gasteiger charge is 2.82. The second-order valence-corrected chi connectivity index (χ2v) is 44.1. The Balaban J connectivity index is 1.18. The number of carboxylic acid groups (broad SMARTS) is 1. The summed E-state index contributed by atoms with van der Waals surface area (Å²) in [5.41, 5.74) is 46.9. The summed E-state index contributed by atoms with van der Waals surface area (Å²) < 4.78 is 91.3. The fraction of sp³-hybridized carbons (Fsp3) is 0.545. The van der Waals surface area contributed by atoms with Crippen LogP contribution in [0.4, 0.5) is 17.1 Å². The summed E-state index contributed by atoms with van der Waals surface area (Å²) in [5, 5.41) is 12.6. The fourth-order valence-electron chi connectivity index (χ4n) is 9.95. The van der Waals surface area contributed by atoms with Crippen molar-refractivity contribution in [2.75, 3.05) is 57.3 Å². The van der Waals surface area contributed by atoms with E-state index in [0.717, 1.165) is 17.1 Å². The van der Waals surface area contributed by atoms with Crippen molar-refractivity contribution in [3.63, 3.8) is 0 Å². The molecule has 16 N–H and O–H groups in total. The zero-order valence-electron chi connectivity index (χ0n) is 43.1. The summed E-state index contributed by atoms with van der Waals surface area (Å²) in [7, 11) is -33.9. The highest BCUT2D eigenvalue weighted by molar-refractivity contribution is 7.03. The molecular formula is C44H77N9O15Si8. The molecule has 0 aliphatic carbocycles. The zero-order chi connectivity index (χ0) is 54.0. The second kappa shape index (κ2) is 25.9. The number of carbonyl (C=O) groups excluding carboxylic acids is 1. The number of nitrogens with two attached hydrogens (primary N) is 7. The summed E-state index contributed by atoms with van der Waals surface area (Å²) in [5.74, 6) is -1.34. The molecule has 24 nitrogen and oxygen atoms in total. The quantitative estimate of drug-likeness (QED) is 0.0342. The van der Waals surface area contributed by atoms with E-state index in [0.29, 0.717) is 57.1 Å². The smallest absolute Gasteiger partial charge is 0.478 e. The van der Waals surface area contributed by atoms with E-state index in [1.54, 1.807) is 36.4 Å². The lowest BCUT2D eigenvalue weighted by Crippen LogP contribution is -2.88. The van der Waals surface area contributed by atoms with Gasteiger partial charge in [-0.1, -0.05) is 18.2 Å². The normalized spacial score (nSPS) is 31.5. The molecule has 0 aromatic heterocycles. The van der Waals surface area contributed by atoms with E-state index in [4.69, 9.17) is 89.5 Å². The Hall–Kier alpha value is -2.62. The number of anilines is 3. The van der Waals surface area contributed by atoms with Gasteiger partial charge < -0.3 is 105 Å². The maximum atomic E-state index is 14.1. The Bertz CT molecular complexity index is 2250. The summed E-state index contributed by atoms with van der Waals surface area (Å²) in [6.45, 7) is 2.09. The number of amides is 1. The second-order valence-electron chi connectivity index (χ2n) is 19.4. The van der Waals surface area contributed by atoms with Crippen LogP contribution in [0.5, 0.6) is 0 Å². The van der Waals surface area contributed by atoms with Gasteiger partial charge in [-0.3, -0.25) is 4.79 Å². The van der Waals surface area contributed by atoms with E-state index < -0.39 is 76.4 Å². The van der Waals surface area contributed by atoms with E-state index in [9.17, 15) is 14.7 Å². The minimum Gasteiger partial charge on any atom is -0.478 e. The zero-order valence-corrected chi connectivity index (χ0v) is 51.1. The Kier molecular flexibility index (Phi) is 20.3. The molecule has 0 saturated carbocycles. The number of carbonyl (C=O) groups is 2. The van der Waals surface area contributed by atoms with Crippen LogP contribution in [0.3, 0.4) is 0 Å². The van der Waals surface area contributed by atoms with Crippen LogP contribution in [0.25, 0.3) is 0 Å². The third-order valence-electron chi connectivity index (χ3n) is 13.3. The molecule has 0 atom stereocenters. The fourth-order valence-corrected chi connectivity index (χ4v) is 60.6. The van der Waals surface area contributed by atoms with Gasteiger partial charge in [0.2, 0.25) is 0 Å². The number of benzene rings is 3. The topological polar surface area (TPSA) is 363 Å². The third-order valence-corrected chi connectivity index (χ3v) is 50.8. The minimum atomic E-state index is -4.36. The lowest BCUT2D eigenvalue weighted by Gasteiger charge is -2.63. The van der Waals surface area contributed by atoms with Gasteiger partial charge in [-0.2, -0.15) is 0 Å². The van der Waals surface area contributed by atoms with E-state index in [1.807, 2.05) is 47.4 Å². The van der Waals surface area contributed by atoms with E-state index in [1.165, 1.54) is 0 Å². The monoisotopic (exact) mass is 1200 g/mol. The molecular weight excluding hydrogens is 1120 g/mol. The van der Waals surface area contributed by atoms with Gasteiger partial charge in [0.25, 0.3) is 5.91 Å². The first kappa shape index (κ1) is 59.5. The van der Waals surface area contributed by atoms with Crippen molar-refractivity contribution in [1.29, 1.82) is 0 Å². The minimum absolute atomic E-state index is 0.112. The number of nitrogens with one attached hydrogen (secondary N) is 1. The average molecular weight is 1200 g/mol. The van der Waals surface area contributed by atoms with Crippen molar-refractivity contribution in [2.45, 2.75) is 99.7 Å². The van der Waals surface area contributed by atoms with Crippen LogP contribution in [0.15, 0.2) is 78.9 Å². The molecule has 3 aromatic rings. The van der Waals surface area contributed by atoms with Crippen LogP contribution < -0.4 is 50.4 Å². The molecule has 1 amide bonds. The Morgan fingerprint density at radius 2 is 0.618 bits per heavy atom. The van der Waals surface area contributed by atoms with Gasteiger partial charge in [-0.25, -0.2) is 4.79 Å². The van der Waals surface area contributed by atoms with E-state index in [-0.39, 0.29) is 112 Å². The largest absolute Gasteiger partial charge is 0.478 e. The summed E-state index contributed by atoms with van der Waals surface area (Å²) in [6.07, 6.45) is 3.25. The maximum Gasteiger partial charge on any atom is 0.478 e. The van der Waals surface area contributed by atoms with Crippen molar-refractivity contribution in [3.05, 3.63) is 90.0 Å². The van der Waals surface area contributed by atoms with E-state index >= 15 is 0 Å². The van der Waals surface area contributed by atoms with Gasteiger partial charge in [0.05, 0.1) is 5.56 Å². The lowest BCUT2D eigenvalue weighted by molar-refractivity contribution is -0.0311. The number of rotatable bonds is 30. The van der Waals surface area contributed by atoms with Gasteiger partial charge in [0.15, 0.2) is 0 Å². The number of aromatic carboxylic acids is 1. The average Bonchev–Trinajstić information content (AvgIpc) is 3.44. The molecule has 6 aliphatic heterocycles. The third kappa shape index (κ3) is 13.7. The molecule has 8 bridgehead atoms. The van der Waals surface area contributed by atoms with Crippen molar-refractivity contribution in [1.82, 2.24) is 5.32 Å². The Labute approximate surface area is 453 Å². The number of para-hydroxylation sites is 1. The standard InChI is InChI=1S/C44H77N9O15Si8/c45-22-4-30-69-57-70(31-5-23-46)60-73(34-8-26-49)62-71(58-69,32-6-24-47)64-75(36-10-28-51)65-72(59-69,33-7-25-48)63-74(61-70,35-9-27-50)67-76(66-73,68-75)37-11-29-52-43(54)38-14-18-41(19-15-38)53(40-12-2-1-3-13-40)42-20-16-39(17-21-42)44(55)56/h1-3,12-21H,4-11,22-37,45-51H2,(H,52,54)(H,55,56). The maximum absolute atomic E-state index is 14.1. The molecule has 0 radical (unpaired) electrons. The molecule has 0 unspecified atom stereocenters. The summed E-state index contributed by atoms with van der Waals surface area (Å²) >= 11 is 0. The van der Waals surface area contributed by atoms with Crippen LogP contribution in [-0.2, 0) is 49.4 Å². The Morgan fingerprint density at radius 1 is 0.368 bits per heavy atom. The lowest BCUT2D eigenvalue weighted by atomic mass is 10.1. The molecule has 6 aliphatic rings. The predicted octanol–water partition coefficient (Wildman–Crippen LogP) is 3.19. The van der Waals surface area contributed by atoms with Crippen molar-refractivity contribution in [3.8, 4) is 0 Å². The molecule has 6 saturated heterocycles. The highest BCUT2D eigenvalue weighted by Crippen LogP contribution is 2.54. The van der Waals surface area contributed by atoms with Gasteiger partial charge >= 0.3 is 76.4 Å². The highest BCUT2D eigenvalue weighted by atomic mass is 28.6. The van der Waals surface area contributed by atoms with Gasteiger partial charge in [0, 0.05) is 77.5 Å². The van der Waals surface area contributed by atoms with Crippen LogP contribution in [0.2, 0.25) is 48.4 Å². The molecule has 3 aromatic carbocycles. The number of nitrogens with zero attached hydrogens (tertiary/aromatic N) is 1. The van der Waals surface area contributed by atoms with Crippen molar-refractivity contribution in [2.24, 2.45) is 40.1 Å². The van der Waals surface area contributed by atoms with Gasteiger partial charge in [-0.05, 0) is 158 Å². The van der Waals surface area contributed by atoms with Crippen molar-refractivity contribution < 1.29 is 64.1 Å². The molecule has 6 fully saturated rings. The Morgan fingerprint density at radius 3 is 0.882 bits per heavy atom. The molecule has 6 heterocycles. The summed E-state index contributed by atoms with van der Waals surface area (Å²) in [4.78, 5) is 27.7. The predicted molar refractivity (Wildman–Crippen MR) is 298 cm³/mol. The van der Waals surface area contributed by atoms with Crippen molar-refractivity contribution >= 4 is 99.4 Å². The molecule has 76 heavy (non-hydrogen) atoms. The van der Waals surface area contributed by atoms with Crippen LogP contribution in [0.1, 0.15) is 72.1 Å². The molecule has 32 heteroatoms. The van der Waals surface area contributed by atoms with Crippen LogP contribution in [0, 0.1) is 0 Å². The first-order chi connectivity index (χ1) is 36.7. The first-order valence-electron chi connectivity index (χ1n) is 26.5.